The fourth-order valence-corrected chi connectivity index (χ4v) is 2.32. The van der Waals surface area contributed by atoms with Crippen molar-refractivity contribution in [2.75, 3.05) is 13.2 Å². The summed E-state index contributed by atoms with van der Waals surface area (Å²) in [4.78, 5) is 17.3. The van der Waals surface area contributed by atoms with Gasteiger partial charge in [0.2, 0.25) is 5.28 Å². The lowest BCUT2D eigenvalue weighted by Gasteiger charge is -2.30. The summed E-state index contributed by atoms with van der Waals surface area (Å²) in [6.45, 7) is 11.1. The van der Waals surface area contributed by atoms with Gasteiger partial charge in [-0.05, 0) is 67.2 Å². The quantitative estimate of drug-likeness (QED) is 0.315. The SMILES string of the molecule is CC(C)(C)OC(=O)OCCN(/[N+]([O-])=N/OC1CCCC1)C(C)(C)C. The van der Waals surface area contributed by atoms with E-state index in [-0.39, 0.29) is 19.3 Å². The molecule has 0 radical (unpaired) electrons. The van der Waals surface area contributed by atoms with Crippen LogP contribution in [0.2, 0.25) is 0 Å². The van der Waals surface area contributed by atoms with Crippen LogP contribution in [0.25, 0.3) is 0 Å². The lowest BCUT2D eigenvalue weighted by atomic mass is 10.1. The Morgan fingerprint density at radius 1 is 1.21 bits per heavy atom. The van der Waals surface area contributed by atoms with Crippen LogP contribution in [0.1, 0.15) is 67.2 Å². The lowest BCUT2D eigenvalue weighted by Crippen LogP contribution is -2.47. The van der Waals surface area contributed by atoms with E-state index in [1.807, 2.05) is 20.8 Å². The van der Waals surface area contributed by atoms with Crippen LogP contribution in [0.3, 0.4) is 0 Å². The lowest BCUT2D eigenvalue weighted by molar-refractivity contribution is -0.726. The predicted octanol–water partition coefficient (Wildman–Crippen LogP) is 3.79. The Kier molecular flexibility index (Phi) is 7.10. The third-order valence-corrected chi connectivity index (χ3v) is 3.46. The molecule has 1 saturated carbocycles. The smallest absolute Gasteiger partial charge is 0.508 e. The number of carbonyl (C=O) groups is 1. The van der Waals surface area contributed by atoms with E-state index in [4.69, 9.17) is 14.3 Å². The molecule has 24 heavy (non-hydrogen) atoms. The van der Waals surface area contributed by atoms with Gasteiger partial charge in [0.15, 0.2) is 0 Å². The van der Waals surface area contributed by atoms with E-state index in [1.165, 1.54) is 5.01 Å². The van der Waals surface area contributed by atoms with E-state index in [0.29, 0.717) is 4.97 Å². The topological polar surface area (TPSA) is 86.4 Å². The van der Waals surface area contributed by atoms with E-state index in [0.717, 1.165) is 25.7 Å². The van der Waals surface area contributed by atoms with Crippen molar-refractivity contribution in [1.29, 1.82) is 0 Å². The van der Waals surface area contributed by atoms with Crippen molar-refractivity contribution in [2.24, 2.45) is 5.28 Å². The predicted molar refractivity (Wildman–Crippen MR) is 88.0 cm³/mol. The molecule has 0 saturated heterocycles. The van der Waals surface area contributed by atoms with Crippen LogP contribution in [0.5, 0.6) is 0 Å². The van der Waals surface area contributed by atoms with Crippen molar-refractivity contribution in [3.05, 3.63) is 5.21 Å². The van der Waals surface area contributed by atoms with E-state index < -0.39 is 17.3 Å². The molecule has 140 valence electrons. The van der Waals surface area contributed by atoms with Gasteiger partial charge in [-0.25, -0.2) is 4.79 Å². The maximum atomic E-state index is 12.2. The summed E-state index contributed by atoms with van der Waals surface area (Å²) < 4.78 is 10.1. The molecule has 0 aliphatic heterocycles. The highest BCUT2D eigenvalue weighted by molar-refractivity contribution is 5.60. The second kappa shape index (κ2) is 8.39. The summed E-state index contributed by atoms with van der Waals surface area (Å²) in [5.74, 6) is 0. The maximum Gasteiger partial charge on any atom is 0.508 e. The molecule has 0 amide bonds. The van der Waals surface area contributed by atoms with Crippen LogP contribution >= 0.6 is 0 Å². The van der Waals surface area contributed by atoms with Crippen molar-refractivity contribution in [2.45, 2.75) is 84.5 Å². The minimum absolute atomic E-state index is 0.0151. The molecule has 1 fully saturated rings. The van der Waals surface area contributed by atoms with E-state index >= 15 is 0 Å². The molecular formula is C16H31N3O5. The van der Waals surface area contributed by atoms with E-state index in [9.17, 15) is 10.0 Å². The number of ether oxygens (including phenoxy) is 2. The highest BCUT2D eigenvalue weighted by Crippen LogP contribution is 2.21. The number of nitrogens with zero attached hydrogens (tertiary/aromatic N) is 3. The summed E-state index contributed by atoms with van der Waals surface area (Å²) in [5, 5.41) is 17.3. The molecule has 0 atom stereocenters. The fourth-order valence-electron chi connectivity index (χ4n) is 2.32. The van der Waals surface area contributed by atoms with Crippen molar-refractivity contribution >= 4 is 6.16 Å². The highest BCUT2D eigenvalue weighted by atomic mass is 16.7. The Hall–Kier alpha value is -1.73. The average molecular weight is 345 g/mol. The molecule has 8 nitrogen and oxygen atoms in total. The first-order valence-electron chi connectivity index (χ1n) is 8.46. The van der Waals surface area contributed by atoms with Crippen LogP contribution in [0.4, 0.5) is 4.79 Å². The largest absolute Gasteiger partial charge is 0.569 e. The monoisotopic (exact) mass is 345 g/mol. The molecule has 0 heterocycles. The van der Waals surface area contributed by atoms with Gasteiger partial charge < -0.3 is 19.5 Å². The first-order valence-corrected chi connectivity index (χ1v) is 8.46. The summed E-state index contributed by atoms with van der Waals surface area (Å²) >= 11 is 0. The highest BCUT2D eigenvalue weighted by Gasteiger charge is 2.30. The second-order valence-electron chi connectivity index (χ2n) is 7.95. The van der Waals surface area contributed by atoms with Gasteiger partial charge >= 0.3 is 6.16 Å². The van der Waals surface area contributed by atoms with Crippen LogP contribution in [0.15, 0.2) is 5.28 Å². The van der Waals surface area contributed by atoms with Crippen molar-refractivity contribution in [3.63, 3.8) is 0 Å². The summed E-state index contributed by atoms with van der Waals surface area (Å²) in [6.07, 6.45) is 3.31. The van der Waals surface area contributed by atoms with Gasteiger partial charge in [-0.3, -0.25) is 0 Å². The Morgan fingerprint density at radius 2 is 1.79 bits per heavy atom. The van der Waals surface area contributed by atoms with Crippen molar-refractivity contribution in [1.82, 2.24) is 5.01 Å². The summed E-state index contributed by atoms with van der Waals surface area (Å²) in [6, 6.07) is 0. The number of hydrogen-bond acceptors (Lipinski definition) is 6. The van der Waals surface area contributed by atoms with Gasteiger partial charge in [0.05, 0.1) is 10.5 Å². The normalized spacial score (nSPS) is 16.8. The zero-order valence-electron chi connectivity index (χ0n) is 15.7. The van der Waals surface area contributed by atoms with Crippen molar-refractivity contribution in [3.8, 4) is 0 Å². The molecule has 8 heteroatoms. The standard InChI is InChI=1S/C16H31N3O5/c1-15(2,3)18(11-12-22-14(20)23-16(4,5)6)19(21)17-24-13-9-7-8-10-13/h13H,7-12H2,1-6H3/b19-17-. The number of carbonyl (C=O) groups excluding carboxylic acids is 1. The number of hydrazine groups is 1. The number of hydrogen-bond donors (Lipinski definition) is 0. The Bertz CT molecular complexity index is 434. The molecule has 1 aliphatic rings. The van der Waals surface area contributed by atoms with E-state index in [2.05, 4.69) is 5.28 Å². The van der Waals surface area contributed by atoms with Crippen LogP contribution < -0.4 is 0 Å². The summed E-state index contributed by atoms with van der Waals surface area (Å²) in [7, 11) is 0. The third-order valence-electron chi connectivity index (χ3n) is 3.46. The van der Waals surface area contributed by atoms with Gasteiger partial charge in [-0.1, -0.05) is 0 Å². The molecule has 1 aliphatic carbocycles. The molecule has 0 unspecified atom stereocenters. The van der Waals surface area contributed by atoms with Gasteiger partial charge in [-0.15, -0.1) is 5.01 Å². The van der Waals surface area contributed by atoms with Crippen molar-refractivity contribution < 1.29 is 24.1 Å². The van der Waals surface area contributed by atoms with Crippen LogP contribution in [-0.2, 0) is 14.3 Å². The van der Waals surface area contributed by atoms with E-state index in [1.54, 1.807) is 20.8 Å². The first-order chi connectivity index (χ1) is 11.0. The Balaban J connectivity index is 2.52. The minimum Gasteiger partial charge on any atom is -0.569 e. The molecule has 0 aromatic carbocycles. The zero-order chi connectivity index (χ0) is 18.4. The molecule has 0 bridgehead atoms. The average Bonchev–Trinajstić information content (AvgIpc) is 2.90. The van der Waals surface area contributed by atoms with Gasteiger partial charge in [0.25, 0.3) is 0 Å². The number of rotatable bonds is 6. The van der Waals surface area contributed by atoms with Gasteiger partial charge in [-0.2, -0.15) is 0 Å². The molecular weight excluding hydrogens is 314 g/mol. The molecule has 1 rings (SSSR count). The van der Waals surface area contributed by atoms with Crippen LogP contribution in [-0.4, -0.2) is 46.5 Å². The summed E-state index contributed by atoms with van der Waals surface area (Å²) in [5.41, 5.74) is -1.11. The molecule has 0 spiro atoms. The second-order valence-corrected chi connectivity index (χ2v) is 7.95. The third kappa shape index (κ3) is 7.70. The molecule has 0 aromatic rings. The molecule has 0 aromatic heterocycles. The zero-order valence-corrected chi connectivity index (χ0v) is 15.7. The van der Waals surface area contributed by atoms with Gasteiger partial charge in [0, 0.05) is 0 Å². The fraction of sp³-hybridized carbons (Fsp3) is 0.938. The maximum absolute atomic E-state index is 12.2. The van der Waals surface area contributed by atoms with Gasteiger partial charge in [0.1, 0.15) is 24.9 Å². The Morgan fingerprint density at radius 3 is 2.29 bits per heavy atom. The van der Waals surface area contributed by atoms with Crippen LogP contribution in [0, 0.1) is 5.21 Å². The first kappa shape index (κ1) is 20.3. The Labute approximate surface area is 144 Å². The minimum atomic E-state index is -0.757. The molecule has 0 N–H and O–H groups in total.